The van der Waals surface area contributed by atoms with Gasteiger partial charge in [0, 0.05) is 31.0 Å². The molecule has 1 aromatic heterocycles. The summed E-state index contributed by atoms with van der Waals surface area (Å²) in [7, 11) is 0. The number of amides is 2. The minimum Gasteiger partial charge on any atom is -0.348 e. The Morgan fingerprint density at radius 2 is 1.81 bits per heavy atom. The molecule has 4 nitrogen and oxygen atoms in total. The van der Waals surface area contributed by atoms with Gasteiger partial charge in [-0.3, -0.25) is 0 Å². The van der Waals surface area contributed by atoms with E-state index in [0.717, 1.165) is 23.4 Å². The van der Waals surface area contributed by atoms with Gasteiger partial charge in [0.15, 0.2) is 0 Å². The normalized spacial score (nSPS) is 16.2. The first-order valence-corrected chi connectivity index (χ1v) is 8.36. The third-order valence-corrected chi connectivity index (χ3v) is 4.59. The van der Waals surface area contributed by atoms with Gasteiger partial charge in [-0.1, -0.05) is 30.3 Å². The highest BCUT2D eigenvalue weighted by Gasteiger charge is 2.32. The number of halogens is 2. The highest BCUT2D eigenvalue weighted by Crippen LogP contribution is 2.32. The highest BCUT2D eigenvalue weighted by atomic mass is 19.1. The smallest absolute Gasteiger partial charge is 0.322 e. The molecule has 1 atom stereocenters. The monoisotopic (exact) mass is 353 g/mol. The molecule has 132 valence electrons. The second-order valence-electron chi connectivity index (χ2n) is 6.19. The number of urea groups is 1. The number of aromatic nitrogens is 1. The highest BCUT2D eigenvalue weighted by molar-refractivity contribution is 5.90. The van der Waals surface area contributed by atoms with E-state index in [9.17, 15) is 13.6 Å². The number of fused-ring (bicyclic) bond motifs is 1. The number of carbonyl (C=O) groups excluding carboxylic acids is 1. The molecule has 0 saturated carbocycles. The van der Waals surface area contributed by atoms with Gasteiger partial charge in [-0.25, -0.2) is 13.6 Å². The standard InChI is InChI=1S/C20H17F2N3O/c21-15-8-9-17(16(22)13-15)23-20(26)25-12-11-24-10-4-7-18(24)19(25)14-5-2-1-3-6-14/h1-10,13,19H,11-12H2,(H,23,26). The molecule has 0 aliphatic carbocycles. The molecule has 0 fully saturated rings. The molecule has 3 aromatic rings. The summed E-state index contributed by atoms with van der Waals surface area (Å²) >= 11 is 0. The summed E-state index contributed by atoms with van der Waals surface area (Å²) in [5, 5.41) is 2.57. The van der Waals surface area contributed by atoms with Crippen LogP contribution >= 0.6 is 0 Å². The Morgan fingerprint density at radius 3 is 2.58 bits per heavy atom. The molecule has 1 aliphatic heterocycles. The van der Waals surface area contributed by atoms with Gasteiger partial charge in [0.1, 0.15) is 11.6 Å². The van der Waals surface area contributed by atoms with Crippen LogP contribution in [0.15, 0.2) is 66.9 Å². The van der Waals surface area contributed by atoms with E-state index >= 15 is 0 Å². The molecular weight excluding hydrogens is 336 g/mol. The molecule has 1 unspecified atom stereocenters. The first-order chi connectivity index (χ1) is 12.6. The zero-order chi connectivity index (χ0) is 18.1. The lowest BCUT2D eigenvalue weighted by Crippen LogP contribution is -2.44. The average molecular weight is 353 g/mol. The minimum atomic E-state index is -0.796. The van der Waals surface area contributed by atoms with Gasteiger partial charge in [-0.15, -0.1) is 0 Å². The van der Waals surface area contributed by atoms with Gasteiger partial charge < -0.3 is 14.8 Å². The van der Waals surface area contributed by atoms with Crippen LogP contribution in [-0.2, 0) is 6.54 Å². The maximum Gasteiger partial charge on any atom is 0.322 e. The second kappa shape index (κ2) is 6.63. The summed E-state index contributed by atoms with van der Waals surface area (Å²) in [5.41, 5.74) is 1.93. The fourth-order valence-electron chi connectivity index (χ4n) is 3.37. The lowest BCUT2D eigenvalue weighted by atomic mass is 10.0. The first-order valence-electron chi connectivity index (χ1n) is 8.36. The maximum atomic E-state index is 13.9. The molecule has 2 heterocycles. The third kappa shape index (κ3) is 2.94. The van der Waals surface area contributed by atoms with E-state index in [1.165, 1.54) is 6.07 Å². The van der Waals surface area contributed by atoms with Crippen LogP contribution in [0.3, 0.4) is 0 Å². The summed E-state index contributed by atoms with van der Waals surface area (Å²) in [6, 6.07) is 16.0. The molecule has 0 saturated heterocycles. The number of anilines is 1. The van der Waals surface area contributed by atoms with Crippen molar-refractivity contribution in [3.63, 3.8) is 0 Å². The molecule has 1 aliphatic rings. The van der Waals surface area contributed by atoms with E-state index in [0.29, 0.717) is 13.1 Å². The Balaban J connectivity index is 1.67. The van der Waals surface area contributed by atoms with Crippen molar-refractivity contribution in [3.05, 3.63) is 89.8 Å². The van der Waals surface area contributed by atoms with Crippen LogP contribution in [0, 0.1) is 11.6 Å². The van der Waals surface area contributed by atoms with E-state index < -0.39 is 17.7 Å². The molecule has 2 amide bonds. The lowest BCUT2D eigenvalue weighted by molar-refractivity contribution is 0.181. The Labute approximate surface area is 149 Å². The minimum absolute atomic E-state index is 0.0378. The summed E-state index contributed by atoms with van der Waals surface area (Å²) in [6.07, 6.45) is 1.99. The van der Waals surface area contributed by atoms with Gasteiger partial charge >= 0.3 is 6.03 Å². The SMILES string of the molecule is O=C(Nc1ccc(F)cc1F)N1CCn2cccc2C1c1ccccc1. The van der Waals surface area contributed by atoms with Crippen molar-refractivity contribution in [1.29, 1.82) is 0 Å². The van der Waals surface area contributed by atoms with E-state index in [2.05, 4.69) is 9.88 Å². The second-order valence-corrected chi connectivity index (χ2v) is 6.19. The van der Waals surface area contributed by atoms with E-state index in [-0.39, 0.29) is 11.7 Å². The average Bonchev–Trinajstić information content (AvgIpc) is 3.12. The van der Waals surface area contributed by atoms with Crippen molar-refractivity contribution in [3.8, 4) is 0 Å². The Kier molecular flexibility index (Phi) is 4.16. The van der Waals surface area contributed by atoms with Crippen LogP contribution in [0.4, 0.5) is 19.3 Å². The molecule has 1 N–H and O–H groups in total. The molecule has 2 aromatic carbocycles. The van der Waals surface area contributed by atoms with E-state index in [1.807, 2.05) is 48.7 Å². The van der Waals surface area contributed by atoms with Crippen molar-refractivity contribution in [2.75, 3.05) is 11.9 Å². The number of carbonyl (C=O) groups is 1. The van der Waals surface area contributed by atoms with E-state index in [1.54, 1.807) is 4.90 Å². The van der Waals surface area contributed by atoms with Crippen LogP contribution < -0.4 is 5.32 Å². The van der Waals surface area contributed by atoms with E-state index in [4.69, 9.17) is 0 Å². The molecule has 4 rings (SSSR count). The van der Waals surface area contributed by atoms with Crippen LogP contribution in [-0.4, -0.2) is 22.0 Å². The van der Waals surface area contributed by atoms with Crippen molar-refractivity contribution in [2.45, 2.75) is 12.6 Å². The number of benzene rings is 2. The van der Waals surface area contributed by atoms with Crippen molar-refractivity contribution in [1.82, 2.24) is 9.47 Å². The summed E-state index contributed by atoms with van der Waals surface area (Å²) in [5.74, 6) is -1.48. The molecule has 6 heteroatoms. The Hall–Kier alpha value is -3.15. The topological polar surface area (TPSA) is 37.3 Å². The zero-order valence-electron chi connectivity index (χ0n) is 13.9. The van der Waals surface area contributed by atoms with Crippen molar-refractivity contribution >= 4 is 11.7 Å². The van der Waals surface area contributed by atoms with Gasteiger partial charge in [-0.2, -0.15) is 0 Å². The molecule has 0 spiro atoms. The van der Waals surface area contributed by atoms with Crippen molar-refractivity contribution in [2.24, 2.45) is 0 Å². The van der Waals surface area contributed by atoms with Crippen LogP contribution in [0.2, 0.25) is 0 Å². The maximum absolute atomic E-state index is 13.9. The molecule has 0 radical (unpaired) electrons. The van der Waals surface area contributed by atoms with Gasteiger partial charge in [0.25, 0.3) is 0 Å². The molecular formula is C20H17F2N3O. The molecule has 26 heavy (non-hydrogen) atoms. The predicted octanol–water partition coefficient (Wildman–Crippen LogP) is 4.40. The quantitative estimate of drug-likeness (QED) is 0.728. The third-order valence-electron chi connectivity index (χ3n) is 4.59. The number of rotatable bonds is 2. The number of hydrogen-bond acceptors (Lipinski definition) is 1. The van der Waals surface area contributed by atoms with Crippen LogP contribution in [0.25, 0.3) is 0 Å². The zero-order valence-corrected chi connectivity index (χ0v) is 13.9. The summed E-state index contributed by atoms with van der Waals surface area (Å²) in [4.78, 5) is 14.5. The van der Waals surface area contributed by atoms with Crippen molar-refractivity contribution < 1.29 is 13.6 Å². The summed E-state index contributed by atoms with van der Waals surface area (Å²) in [6.45, 7) is 1.14. The fourth-order valence-corrected chi connectivity index (χ4v) is 3.37. The van der Waals surface area contributed by atoms with Gasteiger partial charge in [0.05, 0.1) is 11.7 Å². The van der Waals surface area contributed by atoms with Crippen LogP contribution in [0.1, 0.15) is 17.3 Å². The van der Waals surface area contributed by atoms with Crippen LogP contribution in [0.5, 0.6) is 0 Å². The molecule has 0 bridgehead atoms. The lowest BCUT2D eigenvalue weighted by Gasteiger charge is -2.37. The Morgan fingerprint density at radius 1 is 1.00 bits per heavy atom. The fraction of sp³-hybridized carbons (Fsp3) is 0.150. The Bertz CT molecular complexity index is 939. The van der Waals surface area contributed by atoms with Gasteiger partial charge in [-0.05, 0) is 29.8 Å². The first kappa shape index (κ1) is 16.3. The summed E-state index contributed by atoms with van der Waals surface area (Å²) < 4.78 is 29.1. The predicted molar refractivity (Wildman–Crippen MR) is 94.8 cm³/mol. The number of nitrogens with zero attached hydrogens (tertiary/aromatic N) is 2. The van der Waals surface area contributed by atoms with Gasteiger partial charge in [0.2, 0.25) is 0 Å². The largest absolute Gasteiger partial charge is 0.348 e. The number of hydrogen-bond donors (Lipinski definition) is 1. The number of nitrogens with one attached hydrogen (secondary N) is 1.